The Kier molecular flexibility index (Phi) is 8.11. The summed E-state index contributed by atoms with van der Waals surface area (Å²) >= 11 is 1.77. The minimum atomic E-state index is -0.257. The van der Waals surface area contributed by atoms with E-state index in [-0.39, 0.29) is 11.9 Å². The highest BCUT2D eigenvalue weighted by Crippen LogP contribution is 2.34. The molecule has 1 unspecified atom stereocenters. The number of anilines is 2. The van der Waals surface area contributed by atoms with Gasteiger partial charge in [0.25, 0.3) is 0 Å². The topological polar surface area (TPSA) is 45.6 Å². The van der Waals surface area contributed by atoms with E-state index in [0.717, 1.165) is 43.1 Å². The van der Waals surface area contributed by atoms with Gasteiger partial charge >= 0.3 is 0 Å². The molecule has 2 aromatic carbocycles. The van der Waals surface area contributed by atoms with Crippen LogP contribution in [-0.4, -0.2) is 60.0 Å². The van der Waals surface area contributed by atoms with Crippen molar-refractivity contribution in [1.82, 2.24) is 13.5 Å². The van der Waals surface area contributed by atoms with Crippen molar-refractivity contribution < 1.29 is 4.39 Å². The Hall–Kier alpha value is -1.93. The number of halogens is 1. The summed E-state index contributed by atoms with van der Waals surface area (Å²) in [5, 5.41) is 11.3. The molecule has 0 saturated carbocycles. The molecule has 1 saturated heterocycles. The molecule has 3 rings (SSSR count). The van der Waals surface area contributed by atoms with E-state index in [1.165, 1.54) is 29.5 Å². The molecule has 1 fully saturated rings. The van der Waals surface area contributed by atoms with Gasteiger partial charge in [0.2, 0.25) is 0 Å². The summed E-state index contributed by atoms with van der Waals surface area (Å²) < 4.78 is 17.8. The third-order valence-electron chi connectivity index (χ3n) is 5.41. The van der Waals surface area contributed by atoms with Crippen LogP contribution in [0, 0.1) is 24.1 Å². The van der Waals surface area contributed by atoms with Crippen LogP contribution in [0.2, 0.25) is 0 Å². The second-order valence-electron chi connectivity index (χ2n) is 8.76. The van der Waals surface area contributed by atoms with Gasteiger partial charge in [-0.05, 0) is 74.5 Å². The van der Waals surface area contributed by atoms with Gasteiger partial charge < -0.3 is 10.7 Å². The fourth-order valence-corrected chi connectivity index (χ4v) is 4.93. The average molecular weight is 444 g/mol. The number of aryl methyl sites for hydroxylation is 1. The molecule has 0 aliphatic carbocycles. The van der Waals surface area contributed by atoms with Crippen molar-refractivity contribution in [3.8, 4) is 0 Å². The molecule has 5 nitrogen and oxygen atoms in total. The number of hydrogen-bond donors (Lipinski definition) is 2. The van der Waals surface area contributed by atoms with E-state index in [1.807, 2.05) is 0 Å². The highest BCUT2D eigenvalue weighted by molar-refractivity contribution is 7.94. The number of nitrogens with zero attached hydrogens (tertiary/aromatic N) is 3. The molecule has 0 bridgehead atoms. The average Bonchev–Trinajstić information content (AvgIpc) is 2.70. The quantitative estimate of drug-likeness (QED) is 0.427. The summed E-state index contributed by atoms with van der Waals surface area (Å²) in [6.07, 6.45) is 1.40. The Balaban J connectivity index is 1.92. The van der Waals surface area contributed by atoms with Crippen LogP contribution in [0.5, 0.6) is 0 Å². The zero-order chi connectivity index (χ0) is 22.5. The minimum Gasteiger partial charge on any atom is -0.355 e. The number of rotatable bonds is 8. The maximum absolute atomic E-state index is 13.3. The Bertz CT molecular complexity index is 884. The molecular formula is C24H34FN5S. The van der Waals surface area contributed by atoms with Gasteiger partial charge in [-0.3, -0.25) is 4.90 Å². The molecule has 0 aromatic heterocycles. The predicted molar refractivity (Wildman–Crippen MR) is 131 cm³/mol. The first-order valence-electron chi connectivity index (χ1n) is 10.8. The van der Waals surface area contributed by atoms with Gasteiger partial charge in [0.1, 0.15) is 5.82 Å². The van der Waals surface area contributed by atoms with Crippen molar-refractivity contribution in [3.05, 3.63) is 58.9 Å². The first-order chi connectivity index (χ1) is 14.8. The summed E-state index contributed by atoms with van der Waals surface area (Å²) in [4.78, 5) is 2.58. The van der Waals surface area contributed by atoms with Gasteiger partial charge in [0.05, 0.1) is 0 Å². The van der Waals surface area contributed by atoms with E-state index in [4.69, 9.17) is 5.41 Å². The summed E-state index contributed by atoms with van der Waals surface area (Å²) in [6, 6.07) is 10.9. The molecule has 0 amide bonds. The Morgan fingerprint density at radius 1 is 1.23 bits per heavy atom. The van der Waals surface area contributed by atoms with Crippen molar-refractivity contribution >= 4 is 29.7 Å². The number of hydrogen-bond acceptors (Lipinski definition) is 6. The number of piperazine rings is 1. The highest BCUT2D eigenvalue weighted by atomic mass is 32.2. The van der Waals surface area contributed by atoms with Gasteiger partial charge in [-0.15, -0.1) is 0 Å². The first-order valence-corrected chi connectivity index (χ1v) is 11.5. The maximum Gasteiger partial charge on any atom is 0.123 e. The predicted octanol–water partition coefficient (Wildman–Crippen LogP) is 5.31. The smallest absolute Gasteiger partial charge is 0.123 e. The van der Waals surface area contributed by atoms with Crippen molar-refractivity contribution in [3.63, 3.8) is 0 Å². The summed E-state index contributed by atoms with van der Waals surface area (Å²) in [5.41, 5.74) is 4.99. The Morgan fingerprint density at radius 2 is 1.94 bits per heavy atom. The largest absolute Gasteiger partial charge is 0.355 e. The third-order valence-corrected chi connectivity index (χ3v) is 6.30. The van der Waals surface area contributed by atoms with Crippen LogP contribution < -0.4 is 5.32 Å². The molecule has 31 heavy (non-hydrogen) atoms. The van der Waals surface area contributed by atoms with E-state index in [2.05, 4.69) is 65.8 Å². The van der Waals surface area contributed by atoms with Crippen LogP contribution >= 0.6 is 12.1 Å². The summed E-state index contributed by atoms with van der Waals surface area (Å²) in [7, 11) is 4.16. The molecule has 2 aromatic rings. The molecule has 0 radical (unpaired) electrons. The van der Waals surface area contributed by atoms with Gasteiger partial charge in [-0.25, -0.2) is 13.0 Å². The number of benzene rings is 2. The molecule has 1 aliphatic rings. The van der Waals surface area contributed by atoms with Crippen molar-refractivity contribution in [2.45, 2.75) is 26.8 Å². The monoisotopic (exact) mass is 443 g/mol. The molecular weight excluding hydrogens is 409 g/mol. The standard InChI is InChI=1S/C24H34FN5S/c1-17(2)15-29-10-11-30(31-28(4)5)16-24(29)22-13-19(14-26)23(12-18(22)3)27-21-8-6-20(25)7-9-21/h6-9,12-14,17,24,26-27H,10-11,15-16H2,1-5H3. The lowest BCUT2D eigenvalue weighted by atomic mass is 9.94. The van der Waals surface area contributed by atoms with Gasteiger partial charge in [-0.2, -0.15) is 0 Å². The first kappa shape index (κ1) is 23.7. The van der Waals surface area contributed by atoms with E-state index >= 15 is 0 Å². The number of nitrogens with one attached hydrogen (secondary N) is 2. The maximum atomic E-state index is 13.3. The lowest BCUT2D eigenvalue weighted by Crippen LogP contribution is -2.47. The third kappa shape index (κ3) is 6.29. The molecule has 1 aliphatic heterocycles. The lowest BCUT2D eigenvalue weighted by molar-refractivity contribution is 0.108. The van der Waals surface area contributed by atoms with E-state index < -0.39 is 0 Å². The van der Waals surface area contributed by atoms with Crippen molar-refractivity contribution in [1.29, 1.82) is 5.41 Å². The van der Waals surface area contributed by atoms with Crippen LogP contribution in [0.1, 0.15) is 36.6 Å². The van der Waals surface area contributed by atoms with Crippen molar-refractivity contribution in [2.24, 2.45) is 5.92 Å². The summed E-state index contributed by atoms with van der Waals surface area (Å²) in [5.74, 6) is 0.338. The molecule has 168 valence electrons. The van der Waals surface area contributed by atoms with Crippen molar-refractivity contribution in [2.75, 3.05) is 45.6 Å². The SMILES string of the molecule is Cc1cc(Nc2ccc(F)cc2)c(C=N)cc1C1CN(SN(C)C)CCN1CC(C)C. The lowest BCUT2D eigenvalue weighted by Gasteiger charge is -2.43. The Labute approximate surface area is 190 Å². The molecule has 1 atom stereocenters. The van der Waals surface area contributed by atoms with Gasteiger partial charge in [0.15, 0.2) is 0 Å². The zero-order valence-corrected chi connectivity index (χ0v) is 20.0. The van der Waals surface area contributed by atoms with Crippen LogP contribution in [0.25, 0.3) is 0 Å². The van der Waals surface area contributed by atoms with E-state index in [9.17, 15) is 4.39 Å². The van der Waals surface area contributed by atoms with Crippen LogP contribution in [0.3, 0.4) is 0 Å². The normalized spacial score (nSPS) is 18.0. The fraction of sp³-hybridized carbons (Fsp3) is 0.458. The molecule has 2 N–H and O–H groups in total. The second kappa shape index (κ2) is 10.6. The van der Waals surface area contributed by atoms with Crippen LogP contribution in [0.4, 0.5) is 15.8 Å². The second-order valence-corrected chi connectivity index (χ2v) is 10.2. The summed E-state index contributed by atoms with van der Waals surface area (Å²) in [6.45, 7) is 10.7. The highest BCUT2D eigenvalue weighted by Gasteiger charge is 2.30. The fourth-order valence-electron chi connectivity index (χ4n) is 4.10. The minimum absolute atomic E-state index is 0.257. The van der Waals surface area contributed by atoms with Gasteiger partial charge in [-0.1, -0.05) is 13.8 Å². The van der Waals surface area contributed by atoms with E-state index in [1.54, 1.807) is 24.3 Å². The zero-order valence-electron chi connectivity index (χ0n) is 19.2. The molecule has 1 heterocycles. The molecule has 7 heteroatoms. The van der Waals surface area contributed by atoms with E-state index in [0.29, 0.717) is 5.92 Å². The molecule has 0 spiro atoms. The van der Waals surface area contributed by atoms with Gasteiger partial charge in [0, 0.05) is 67.5 Å². The van der Waals surface area contributed by atoms with Crippen LogP contribution in [0.15, 0.2) is 36.4 Å². The Morgan fingerprint density at radius 3 is 2.55 bits per heavy atom. The van der Waals surface area contributed by atoms with Crippen LogP contribution in [-0.2, 0) is 0 Å².